The van der Waals surface area contributed by atoms with E-state index < -0.39 is 16.7 Å². The monoisotopic (exact) mass is 311 g/mol. The zero-order chi connectivity index (χ0) is 16.1. The lowest BCUT2D eigenvalue weighted by molar-refractivity contribution is -0.402. The summed E-state index contributed by atoms with van der Waals surface area (Å²) >= 11 is 0. The van der Waals surface area contributed by atoms with Crippen molar-refractivity contribution in [1.29, 1.82) is 0 Å². The van der Waals surface area contributed by atoms with Crippen LogP contribution < -0.4 is 5.32 Å². The van der Waals surface area contributed by atoms with E-state index in [0.29, 0.717) is 13.2 Å². The van der Waals surface area contributed by atoms with Gasteiger partial charge in [-0.15, -0.1) is 0 Å². The number of hydrogen-bond donors (Lipinski definition) is 1. The molecule has 0 spiro atoms. The van der Waals surface area contributed by atoms with Crippen LogP contribution in [-0.4, -0.2) is 55.0 Å². The molecule has 0 bridgehead atoms. The van der Waals surface area contributed by atoms with E-state index in [4.69, 9.17) is 9.15 Å². The summed E-state index contributed by atoms with van der Waals surface area (Å²) in [4.78, 5) is 35.0. The lowest BCUT2D eigenvalue weighted by Crippen LogP contribution is -2.55. The number of carbonyl (C=O) groups excluding carboxylic acids is 2. The van der Waals surface area contributed by atoms with E-state index in [1.807, 2.05) is 0 Å². The molecule has 2 rings (SSSR count). The van der Waals surface area contributed by atoms with E-state index in [9.17, 15) is 19.7 Å². The first kappa shape index (κ1) is 16.0. The molecule has 1 aromatic rings. The van der Waals surface area contributed by atoms with E-state index >= 15 is 0 Å². The zero-order valence-corrected chi connectivity index (χ0v) is 12.1. The van der Waals surface area contributed by atoms with Gasteiger partial charge in [0, 0.05) is 33.4 Å². The Morgan fingerprint density at radius 1 is 1.50 bits per heavy atom. The Morgan fingerprint density at radius 2 is 2.23 bits per heavy atom. The molecule has 2 heterocycles. The number of ether oxygens (including phenoxy) is 1. The Bertz CT molecular complexity index is 564. The van der Waals surface area contributed by atoms with Crippen LogP contribution in [0.5, 0.6) is 0 Å². The average molecular weight is 311 g/mol. The van der Waals surface area contributed by atoms with Crippen molar-refractivity contribution in [3.63, 3.8) is 0 Å². The SMILES string of the molecule is COCCCNC(=O)C1CN(C(=O)c2ccc([N+](=O)[O-])o2)C1. The summed E-state index contributed by atoms with van der Waals surface area (Å²) in [6.45, 7) is 1.67. The minimum atomic E-state index is -0.705. The average Bonchev–Trinajstić information content (AvgIpc) is 2.92. The largest absolute Gasteiger partial charge is 0.433 e. The Hall–Kier alpha value is -2.42. The first-order chi connectivity index (χ1) is 10.5. The summed E-state index contributed by atoms with van der Waals surface area (Å²) < 4.78 is 9.72. The Labute approximate surface area is 126 Å². The molecule has 2 amide bonds. The summed E-state index contributed by atoms with van der Waals surface area (Å²) in [6.07, 6.45) is 0.730. The van der Waals surface area contributed by atoms with Gasteiger partial charge in [0.1, 0.15) is 4.92 Å². The molecule has 1 N–H and O–H groups in total. The van der Waals surface area contributed by atoms with Gasteiger partial charge in [-0.3, -0.25) is 19.7 Å². The summed E-state index contributed by atoms with van der Waals surface area (Å²) in [6, 6.07) is 2.39. The first-order valence-electron chi connectivity index (χ1n) is 6.83. The van der Waals surface area contributed by atoms with Crippen molar-refractivity contribution >= 4 is 17.7 Å². The molecule has 0 aromatic carbocycles. The molecule has 1 fully saturated rings. The van der Waals surface area contributed by atoms with Crippen LogP contribution in [-0.2, 0) is 9.53 Å². The predicted molar refractivity (Wildman–Crippen MR) is 74.3 cm³/mol. The van der Waals surface area contributed by atoms with Crippen LogP contribution in [0.2, 0.25) is 0 Å². The minimum Gasteiger partial charge on any atom is -0.395 e. The fourth-order valence-corrected chi connectivity index (χ4v) is 2.08. The van der Waals surface area contributed by atoms with Crippen molar-refractivity contribution in [2.75, 3.05) is 33.4 Å². The summed E-state index contributed by atoms with van der Waals surface area (Å²) in [5.41, 5.74) is 0. The van der Waals surface area contributed by atoms with Crippen LogP contribution in [0.15, 0.2) is 16.5 Å². The number of nitro groups is 1. The molecule has 0 atom stereocenters. The third kappa shape index (κ3) is 3.61. The molecule has 120 valence electrons. The molecular formula is C13H17N3O6. The number of likely N-dealkylation sites (tertiary alicyclic amines) is 1. The normalized spacial score (nSPS) is 14.5. The number of rotatable bonds is 7. The number of methoxy groups -OCH3 is 1. The minimum absolute atomic E-state index is 0.0920. The van der Waals surface area contributed by atoms with Crippen molar-refractivity contribution in [3.8, 4) is 0 Å². The van der Waals surface area contributed by atoms with Crippen LogP contribution in [0.4, 0.5) is 5.88 Å². The van der Waals surface area contributed by atoms with E-state index in [1.54, 1.807) is 7.11 Å². The molecule has 0 saturated carbocycles. The van der Waals surface area contributed by atoms with Gasteiger partial charge >= 0.3 is 5.88 Å². The predicted octanol–water partition coefficient (Wildman–Crippen LogP) is 0.413. The second-order valence-corrected chi connectivity index (χ2v) is 4.94. The molecular weight excluding hydrogens is 294 g/mol. The smallest absolute Gasteiger partial charge is 0.395 e. The summed E-state index contributed by atoms with van der Waals surface area (Å²) in [5.74, 6) is -1.37. The molecule has 1 aliphatic heterocycles. The van der Waals surface area contributed by atoms with Gasteiger partial charge in [0.05, 0.1) is 12.0 Å². The number of hydrogen-bond acceptors (Lipinski definition) is 6. The topological polar surface area (TPSA) is 115 Å². The first-order valence-corrected chi connectivity index (χ1v) is 6.83. The van der Waals surface area contributed by atoms with E-state index in [2.05, 4.69) is 5.32 Å². The Balaban J connectivity index is 1.76. The maximum atomic E-state index is 12.0. The number of nitrogens with one attached hydrogen (secondary N) is 1. The van der Waals surface area contributed by atoms with Crippen molar-refractivity contribution in [2.24, 2.45) is 5.92 Å². The molecule has 22 heavy (non-hydrogen) atoms. The number of carbonyl (C=O) groups is 2. The standard InChI is InChI=1S/C13H17N3O6/c1-21-6-2-5-14-12(17)9-7-15(8-9)13(18)10-3-4-11(22-10)16(19)20/h3-4,9H,2,5-8H2,1H3,(H,14,17). The molecule has 1 aromatic heterocycles. The van der Waals surface area contributed by atoms with Gasteiger partial charge in [0.15, 0.2) is 5.76 Å². The van der Waals surface area contributed by atoms with Gasteiger partial charge in [-0.25, -0.2) is 0 Å². The van der Waals surface area contributed by atoms with Crippen molar-refractivity contribution in [3.05, 3.63) is 28.0 Å². The van der Waals surface area contributed by atoms with Crippen LogP contribution >= 0.6 is 0 Å². The maximum Gasteiger partial charge on any atom is 0.433 e. The van der Waals surface area contributed by atoms with Crippen LogP contribution in [0.1, 0.15) is 17.0 Å². The molecule has 9 heteroatoms. The van der Waals surface area contributed by atoms with Gasteiger partial charge in [-0.1, -0.05) is 0 Å². The van der Waals surface area contributed by atoms with Crippen LogP contribution in [0, 0.1) is 16.0 Å². The quantitative estimate of drug-likeness (QED) is 0.443. The number of furan rings is 1. The van der Waals surface area contributed by atoms with Gasteiger partial charge in [0.2, 0.25) is 5.91 Å². The lowest BCUT2D eigenvalue weighted by Gasteiger charge is -2.37. The molecule has 0 unspecified atom stereocenters. The highest BCUT2D eigenvalue weighted by molar-refractivity contribution is 5.94. The second-order valence-electron chi connectivity index (χ2n) is 4.94. The van der Waals surface area contributed by atoms with Gasteiger partial charge < -0.3 is 19.4 Å². The van der Waals surface area contributed by atoms with Gasteiger partial charge in [-0.05, 0) is 12.5 Å². The zero-order valence-electron chi connectivity index (χ0n) is 12.1. The van der Waals surface area contributed by atoms with Crippen LogP contribution in [0.3, 0.4) is 0 Å². The van der Waals surface area contributed by atoms with Gasteiger partial charge in [0.25, 0.3) is 5.91 Å². The summed E-state index contributed by atoms with van der Waals surface area (Å²) in [7, 11) is 1.59. The second kappa shape index (κ2) is 7.03. The fraction of sp³-hybridized carbons (Fsp3) is 0.538. The third-order valence-electron chi connectivity index (χ3n) is 3.35. The van der Waals surface area contributed by atoms with Crippen molar-refractivity contribution < 1.29 is 23.7 Å². The van der Waals surface area contributed by atoms with E-state index in [1.165, 1.54) is 11.0 Å². The highest BCUT2D eigenvalue weighted by atomic mass is 16.6. The summed E-state index contributed by atoms with van der Waals surface area (Å²) in [5, 5.41) is 13.3. The molecule has 0 aliphatic carbocycles. The third-order valence-corrected chi connectivity index (χ3v) is 3.35. The highest BCUT2D eigenvalue weighted by Gasteiger charge is 2.37. The maximum absolute atomic E-state index is 12.0. The number of amides is 2. The Kier molecular flexibility index (Phi) is 5.10. The molecule has 1 aliphatic rings. The molecule has 9 nitrogen and oxygen atoms in total. The van der Waals surface area contributed by atoms with E-state index in [0.717, 1.165) is 12.5 Å². The fourth-order valence-electron chi connectivity index (χ4n) is 2.08. The van der Waals surface area contributed by atoms with Crippen molar-refractivity contribution in [1.82, 2.24) is 10.2 Å². The van der Waals surface area contributed by atoms with Crippen molar-refractivity contribution in [2.45, 2.75) is 6.42 Å². The lowest BCUT2D eigenvalue weighted by atomic mass is 9.99. The van der Waals surface area contributed by atoms with E-state index in [-0.39, 0.29) is 30.7 Å². The number of nitrogens with zero attached hydrogens (tertiary/aromatic N) is 2. The highest BCUT2D eigenvalue weighted by Crippen LogP contribution is 2.22. The van der Waals surface area contributed by atoms with Crippen LogP contribution in [0.25, 0.3) is 0 Å². The molecule has 1 saturated heterocycles. The van der Waals surface area contributed by atoms with Gasteiger partial charge in [-0.2, -0.15) is 0 Å². The molecule has 0 radical (unpaired) electrons. The Morgan fingerprint density at radius 3 is 2.82 bits per heavy atom.